The molecule has 3 rings (SSSR count). The molecule has 0 saturated heterocycles. The maximum atomic E-state index is 12.4. The Labute approximate surface area is 222 Å². The highest BCUT2D eigenvalue weighted by Crippen LogP contribution is 2.35. The molecule has 0 unspecified atom stereocenters. The van der Waals surface area contributed by atoms with Gasteiger partial charge < -0.3 is 34.7 Å². The van der Waals surface area contributed by atoms with E-state index in [4.69, 9.17) is 18.9 Å². The van der Waals surface area contributed by atoms with Crippen molar-refractivity contribution in [2.75, 3.05) is 27.4 Å². The minimum absolute atomic E-state index is 0.125. The van der Waals surface area contributed by atoms with E-state index >= 15 is 0 Å². The van der Waals surface area contributed by atoms with Crippen molar-refractivity contribution in [3.8, 4) is 17.2 Å². The average Bonchev–Trinajstić information content (AvgIpc) is 2.87. The van der Waals surface area contributed by atoms with Crippen molar-refractivity contribution >= 4 is 34.1 Å². The van der Waals surface area contributed by atoms with E-state index in [1.165, 1.54) is 7.11 Å². The van der Waals surface area contributed by atoms with Gasteiger partial charge in [0.2, 0.25) is 0 Å². The van der Waals surface area contributed by atoms with Crippen LogP contribution in [0.4, 0.5) is 4.79 Å². The van der Waals surface area contributed by atoms with E-state index in [1.54, 1.807) is 44.5 Å². The number of carbonyl (C=O) groups excluding carboxylic acids is 2. The number of amides is 2. The molecule has 0 radical (unpaired) electrons. The van der Waals surface area contributed by atoms with Gasteiger partial charge in [0.05, 0.1) is 43.1 Å². The Morgan fingerprint density at radius 2 is 1.95 bits per heavy atom. The summed E-state index contributed by atoms with van der Waals surface area (Å²) in [5, 5.41) is 19.6. The number of rotatable bonds is 11. The Hall–Kier alpha value is -3.77. The SMILES string of the molecule is CCOc1cc([C@H]2NC(=O)NC(C)=C2C(=O)OC)ccc1OC[C@H](O)N/N=C\c1ccc(OC)c(Br)c1. The van der Waals surface area contributed by atoms with Crippen molar-refractivity contribution in [3.05, 3.63) is 63.3 Å². The maximum Gasteiger partial charge on any atom is 0.337 e. The summed E-state index contributed by atoms with van der Waals surface area (Å²) < 4.78 is 22.3. The molecule has 0 saturated carbocycles. The van der Waals surface area contributed by atoms with E-state index in [1.807, 2.05) is 19.1 Å². The average molecular weight is 577 g/mol. The van der Waals surface area contributed by atoms with E-state index in [0.29, 0.717) is 35.1 Å². The van der Waals surface area contributed by atoms with Crippen LogP contribution in [-0.4, -0.2) is 57.0 Å². The zero-order valence-corrected chi connectivity index (χ0v) is 22.4. The first-order valence-corrected chi connectivity index (χ1v) is 12.1. The monoisotopic (exact) mass is 576 g/mol. The van der Waals surface area contributed by atoms with Crippen molar-refractivity contribution in [1.29, 1.82) is 0 Å². The van der Waals surface area contributed by atoms with Crippen LogP contribution < -0.4 is 30.3 Å². The second-order valence-corrected chi connectivity index (χ2v) is 8.66. The summed E-state index contributed by atoms with van der Waals surface area (Å²) >= 11 is 3.41. The molecule has 2 amide bonds. The van der Waals surface area contributed by atoms with Gasteiger partial charge in [0.15, 0.2) is 17.7 Å². The van der Waals surface area contributed by atoms with E-state index in [9.17, 15) is 14.7 Å². The van der Waals surface area contributed by atoms with Gasteiger partial charge in [0.25, 0.3) is 0 Å². The number of hydrogen-bond acceptors (Lipinski definition) is 9. The largest absolute Gasteiger partial charge is 0.496 e. The van der Waals surface area contributed by atoms with Gasteiger partial charge >= 0.3 is 12.0 Å². The highest BCUT2D eigenvalue weighted by atomic mass is 79.9. The summed E-state index contributed by atoms with van der Waals surface area (Å²) in [6, 6.07) is 9.28. The lowest BCUT2D eigenvalue weighted by molar-refractivity contribution is -0.136. The number of halogens is 1. The van der Waals surface area contributed by atoms with Gasteiger partial charge in [-0.25, -0.2) is 9.59 Å². The standard InChI is InChI=1S/C25H29BrN4O7/c1-5-36-20-11-16(23-22(24(32)35-4)14(2)28-25(33)29-23)7-9-19(20)37-13-21(31)30-27-12-15-6-8-18(34-3)17(26)10-15/h6-12,21,23,30-31H,5,13H2,1-4H3,(H2,28,29,33)/b27-12-/t21-,23+/m0/s1. The number of esters is 1. The number of hydrazone groups is 1. The van der Waals surface area contributed by atoms with Crippen LogP contribution in [0.25, 0.3) is 0 Å². The zero-order valence-electron chi connectivity index (χ0n) is 20.8. The number of carbonyl (C=O) groups is 2. The van der Waals surface area contributed by atoms with E-state index in [2.05, 4.69) is 37.1 Å². The molecule has 4 N–H and O–H groups in total. The van der Waals surface area contributed by atoms with Crippen LogP contribution in [0, 0.1) is 0 Å². The van der Waals surface area contributed by atoms with E-state index < -0.39 is 24.3 Å². The molecule has 1 aliphatic rings. The van der Waals surface area contributed by atoms with Crippen LogP contribution in [0.5, 0.6) is 17.2 Å². The smallest absolute Gasteiger partial charge is 0.337 e. The van der Waals surface area contributed by atoms with Crippen LogP contribution in [0.1, 0.15) is 31.0 Å². The second kappa shape index (κ2) is 13.0. The number of aliphatic hydroxyl groups excluding tert-OH is 1. The molecule has 0 aliphatic carbocycles. The Balaban J connectivity index is 1.69. The van der Waals surface area contributed by atoms with Gasteiger partial charge in [0, 0.05) is 5.70 Å². The predicted molar refractivity (Wildman–Crippen MR) is 140 cm³/mol. The molecule has 198 valence electrons. The van der Waals surface area contributed by atoms with Gasteiger partial charge in [-0.2, -0.15) is 5.10 Å². The summed E-state index contributed by atoms with van der Waals surface area (Å²) in [5.41, 5.74) is 4.67. The lowest BCUT2D eigenvalue weighted by Crippen LogP contribution is -2.45. The summed E-state index contributed by atoms with van der Waals surface area (Å²) in [4.78, 5) is 24.4. The van der Waals surface area contributed by atoms with Crippen molar-refractivity contribution in [2.45, 2.75) is 26.1 Å². The number of benzene rings is 2. The number of nitrogens with one attached hydrogen (secondary N) is 3. The topological polar surface area (TPSA) is 140 Å². The molecule has 37 heavy (non-hydrogen) atoms. The minimum Gasteiger partial charge on any atom is -0.496 e. The van der Waals surface area contributed by atoms with Crippen molar-refractivity contribution in [1.82, 2.24) is 16.1 Å². The lowest BCUT2D eigenvalue weighted by atomic mass is 9.95. The maximum absolute atomic E-state index is 12.4. The number of aliphatic hydroxyl groups is 1. The molecule has 11 nitrogen and oxygen atoms in total. The molecule has 0 spiro atoms. The van der Waals surface area contributed by atoms with Gasteiger partial charge in [0.1, 0.15) is 12.4 Å². The number of nitrogens with zero attached hydrogens (tertiary/aromatic N) is 1. The molecule has 2 aromatic carbocycles. The zero-order chi connectivity index (χ0) is 26.9. The first kappa shape index (κ1) is 27.8. The Kier molecular flexibility index (Phi) is 9.75. The Bertz CT molecular complexity index is 1200. The van der Waals surface area contributed by atoms with Crippen molar-refractivity contribution < 1.29 is 33.6 Å². The van der Waals surface area contributed by atoms with Gasteiger partial charge in [-0.05, 0) is 71.2 Å². The normalized spacial score (nSPS) is 16.1. The third-order valence-electron chi connectivity index (χ3n) is 5.29. The molecule has 0 bridgehead atoms. The van der Waals surface area contributed by atoms with E-state index in [0.717, 1.165) is 10.0 Å². The number of urea groups is 1. The molecule has 1 heterocycles. The molecule has 12 heteroatoms. The van der Waals surface area contributed by atoms with Crippen molar-refractivity contribution in [2.24, 2.45) is 5.10 Å². The number of ether oxygens (including phenoxy) is 4. The summed E-state index contributed by atoms with van der Waals surface area (Å²) in [6.45, 7) is 3.66. The first-order valence-electron chi connectivity index (χ1n) is 11.3. The summed E-state index contributed by atoms with van der Waals surface area (Å²) in [5.74, 6) is 0.887. The van der Waals surface area contributed by atoms with Crippen LogP contribution in [0.3, 0.4) is 0 Å². The van der Waals surface area contributed by atoms with Crippen molar-refractivity contribution in [3.63, 3.8) is 0 Å². The second-order valence-electron chi connectivity index (χ2n) is 7.81. The fourth-order valence-electron chi connectivity index (χ4n) is 3.58. The van der Waals surface area contributed by atoms with Gasteiger partial charge in [-0.15, -0.1) is 0 Å². The Morgan fingerprint density at radius 3 is 2.62 bits per heavy atom. The number of allylic oxidation sites excluding steroid dienone is 1. The van der Waals surface area contributed by atoms with Crippen LogP contribution >= 0.6 is 15.9 Å². The highest BCUT2D eigenvalue weighted by molar-refractivity contribution is 9.10. The van der Waals surface area contributed by atoms with Crippen LogP contribution in [0.2, 0.25) is 0 Å². The van der Waals surface area contributed by atoms with E-state index in [-0.39, 0.29) is 12.2 Å². The molecular weight excluding hydrogens is 548 g/mol. The molecular formula is C25H29BrN4O7. The quantitative estimate of drug-likeness (QED) is 0.138. The number of hydrogen-bond donors (Lipinski definition) is 4. The molecule has 2 atom stereocenters. The first-order chi connectivity index (χ1) is 17.8. The predicted octanol–water partition coefficient (Wildman–Crippen LogP) is 2.98. The van der Waals surface area contributed by atoms with Crippen LogP contribution in [-0.2, 0) is 9.53 Å². The Morgan fingerprint density at radius 1 is 1.19 bits per heavy atom. The van der Waals surface area contributed by atoms with Crippen LogP contribution in [0.15, 0.2) is 57.2 Å². The molecule has 1 aliphatic heterocycles. The molecule has 0 fully saturated rings. The summed E-state index contributed by atoms with van der Waals surface area (Å²) in [7, 11) is 2.86. The van der Waals surface area contributed by atoms with Gasteiger partial charge in [-0.3, -0.25) is 5.43 Å². The third kappa shape index (κ3) is 7.14. The third-order valence-corrected chi connectivity index (χ3v) is 5.90. The lowest BCUT2D eigenvalue weighted by Gasteiger charge is -2.28. The number of methoxy groups -OCH3 is 2. The fourth-order valence-corrected chi connectivity index (χ4v) is 4.14. The summed E-state index contributed by atoms with van der Waals surface area (Å²) in [6.07, 6.45) is 0.447. The minimum atomic E-state index is -1.10. The van der Waals surface area contributed by atoms with Gasteiger partial charge in [-0.1, -0.05) is 6.07 Å². The fraction of sp³-hybridized carbons (Fsp3) is 0.320. The molecule has 0 aromatic heterocycles. The molecule has 2 aromatic rings. The highest BCUT2D eigenvalue weighted by Gasteiger charge is 2.32.